The van der Waals surface area contributed by atoms with Crippen LogP contribution in [0.25, 0.3) is 22.3 Å². The van der Waals surface area contributed by atoms with Crippen molar-refractivity contribution in [2.24, 2.45) is 0 Å². The number of pyridine rings is 2. The van der Waals surface area contributed by atoms with Crippen LogP contribution in [0.2, 0.25) is 0 Å². The third-order valence-corrected chi connectivity index (χ3v) is 7.77. The van der Waals surface area contributed by atoms with Crippen molar-refractivity contribution >= 4 is 10.9 Å². The van der Waals surface area contributed by atoms with Gasteiger partial charge in [0.2, 0.25) is 0 Å². The minimum absolute atomic E-state index is 0.0708. The van der Waals surface area contributed by atoms with Crippen molar-refractivity contribution in [3.63, 3.8) is 0 Å². The molecule has 2 aliphatic rings. The van der Waals surface area contributed by atoms with E-state index >= 15 is 0 Å². The molecule has 0 unspecified atom stereocenters. The van der Waals surface area contributed by atoms with Gasteiger partial charge >= 0.3 is 0 Å². The van der Waals surface area contributed by atoms with Gasteiger partial charge in [0.05, 0.1) is 29.0 Å². The van der Waals surface area contributed by atoms with Gasteiger partial charge in [-0.3, -0.25) is 4.79 Å². The number of halogens is 1. The molecular weight excluding hydrogens is 447 g/mol. The lowest BCUT2D eigenvalue weighted by atomic mass is 9.84. The highest BCUT2D eigenvalue weighted by molar-refractivity contribution is 5.91. The normalized spacial score (nSPS) is 18.4. The van der Waals surface area contributed by atoms with Crippen molar-refractivity contribution in [3.8, 4) is 11.4 Å². The topological polar surface area (TPSA) is 84.6 Å². The van der Waals surface area contributed by atoms with Crippen molar-refractivity contribution in [2.45, 2.75) is 71.6 Å². The molecule has 0 amide bonds. The van der Waals surface area contributed by atoms with Gasteiger partial charge in [-0.05, 0) is 61.8 Å². The molecule has 4 heterocycles. The van der Waals surface area contributed by atoms with Gasteiger partial charge in [0.1, 0.15) is 23.8 Å². The summed E-state index contributed by atoms with van der Waals surface area (Å²) in [7, 11) is 0. The summed E-state index contributed by atoms with van der Waals surface area (Å²) in [6.45, 7) is 10.1. The second-order valence-corrected chi connectivity index (χ2v) is 9.55. The zero-order chi connectivity index (χ0) is 25.1. The number of aliphatic hydroxyl groups excluding tert-OH is 1. The Balaban J connectivity index is 1.79. The quantitative estimate of drug-likeness (QED) is 0.402. The number of unbranched alkanes of at least 4 members (excludes halogenated alkanes) is 1. The zero-order valence-corrected chi connectivity index (χ0v) is 20.5. The second-order valence-electron chi connectivity index (χ2n) is 9.55. The third kappa shape index (κ3) is 3.36. The maximum atomic E-state index is 15.0. The number of aromatic nitrogens is 2. The number of rotatable bonds is 6. The van der Waals surface area contributed by atoms with E-state index in [-0.39, 0.29) is 30.3 Å². The summed E-state index contributed by atoms with van der Waals surface area (Å²) in [5, 5.41) is 21.5. The van der Waals surface area contributed by atoms with E-state index in [2.05, 4.69) is 13.5 Å². The van der Waals surface area contributed by atoms with Gasteiger partial charge in [-0.25, -0.2) is 9.37 Å². The van der Waals surface area contributed by atoms with Crippen molar-refractivity contribution in [2.75, 3.05) is 6.61 Å². The van der Waals surface area contributed by atoms with Crippen LogP contribution >= 0.6 is 0 Å². The Morgan fingerprint density at radius 3 is 2.69 bits per heavy atom. The zero-order valence-electron chi connectivity index (χ0n) is 20.5. The van der Waals surface area contributed by atoms with Crippen LogP contribution in [0.5, 0.6) is 0 Å². The van der Waals surface area contributed by atoms with E-state index in [1.165, 1.54) is 6.07 Å². The lowest BCUT2D eigenvalue weighted by Gasteiger charge is -2.35. The van der Waals surface area contributed by atoms with E-state index in [4.69, 9.17) is 9.72 Å². The molecule has 1 aromatic carbocycles. The van der Waals surface area contributed by atoms with Crippen LogP contribution in [0.15, 0.2) is 29.3 Å². The van der Waals surface area contributed by atoms with Crippen LogP contribution in [0, 0.1) is 12.7 Å². The fourth-order valence-corrected chi connectivity index (χ4v) is 5.72. The molecule has 6 nitrogen and oxygen atoms in total. The molecule has 2 aromatic heterocycles. The molecule has 0 saturated carbocycles. The number of aryl methyl sites for hydroxylation is 2. The Morgan fingerprint density at radius 1 is 1.23 bits per heavy atom. The molecule has 0 radical (unpaired) electrons. The average Bonchev–Trinajstić information content (AvgIpc) is 3.21. The van der Waals surface area contributed by atoms with Crippen LogP contribution in [-0.2, 0) is 36.3 Å². The smallest absolute Gasteiger partial charge is 0.258 e. The first-order valence-corrected chi connectivity index (χ1v) is 12.3. The van der Waals surface area contributed by atoms with E-state index in [9.17, 15) is 19.4 Å². The van der Waals surface area contributed by atoms with Crippen LogP contribution in [-0.4, -0.2) is 26.4 Å². The maximum Gasteiger partial charge on any atom is 0.258 e. The molecule has 0 bridgehead atoms. The Kier molecular flexibility index (Phi) is 5.80. The lowest BCUT2D eigenvalue weighted by Crippen LogP contribution is -2.38. The summed E-state index contributed by atoms with van der Waals surface area (Å²) in [5.74, 6) is -0.0681. The molecule has 2 aliphatic heterocycles. The van der Waals surface area contributed by atoms with Crippen molar-refractivity contribution in [1.29, 1.82) is 0 Å². The van der Waals surface area contributed by atoms with Crippen molar-refractivity contribution in [3.05, 3.63) is 74.0 Å². The predicted molar refractivity (Wildman–Crippen MR) is 133 cm³/mol. The Labute approximate surface area is 203 Å². The van der Waals surface area contributed by atoms with Crippen LogP contribution in [0.4, 0.5) is 4.39 Å². The molecule has 2 N–H and O–H groups in total. The molecule has 0 aliphatic carbocycles. The number of hydrogen-bond acceptors (Lipinski definition) is 5. The molecule has 3 aromatic rings. The molecule has 1 atom stereocenters. The SMILES string of the molecule is C=C1OCc2c(cc3n(c2=O)Cc2c-3nc3cc(F)c(C)c(CCCCO)c3c2CC)[C@@]1(O)CC. The van der Waals surface area contributed by atoms with Gasteiger partial charge in [-0.2, -0.15) is 0 Å². The maximum absolute atomic E-state index is 15.0. The molecule has 0 fully saturated rings. The molecular formula is C28H31FN2O4. The van der Waals surface area contributed by atoms with Crippen molar-refractivity contribution in [1.82, 2.24) is 9.55 Å². The van der Waals surface area contributed by atoms with E-state index in [1.807, 2.05) is 13.0 Å². The van der Waals surface area contributed by atoms with Crippen LogP contribution in [0.3, 0.4) is 0 Å². The first-order chi connectivity index (χ1) is 16.8. The predicted octanol–water partition coefficient (Wildman–Crippen LogP) is 4.39. The number of hydrogen-bond donors (Lipinski definition) is 2. The largest absolute Gasteiger partial charge is 0.490 e. The molecule has 7 heteroatoms. The van der Waals surface area contributed by atoms with Gasteiger partial charge in [0.25, 0.3) is 5.56 Å². The number of fused-ring (bicyclic) bond motifs is 5. The van der Waals surface area contributed by atoms with Crippen LogP contribution < -0.4 is 5.56 Å². The Bertz CT molecular complexity index is 1440. The minimum atomic E-state index is -1.45. The first-order valence-electron chi connectivity index (χ1n) is 12.3. The Hall–Kier alpha value is -3.03. The highest BCUT2D eigenvalue weighted by Gasteiger charge is 2.41. The van der Waals surface area contributed by atoms with Crippen LogP contribution in [0.1, 0.15) is 66.5 Å². The van der Waals surface area contributed by atoms with E-state index in [0.29, 0.717) is 65.8 Å². The number of ether oxygens (including phenoxy) is 1. The summed E-state index contributed by atoms with van der Waals surface area (Å²) < 4.78 is 22.3. The van der Waals surface area contributed by atoms with Gasteiger partial charge < -0.3 is 19.5 Å². The lowest BCUT2D eigenvalue weighted by molar-refractivity contribution is -0.0172. The molecule has 0 spiro atoms. The highest BCUT2D eigenvalue weighted by atomic mass is 19.1. The standard InChI is InChI=1S/C28H31FN2O4/c1-5-17-19-13-31-24(11-21-20(27(31)33)14-35-16(4)28(21,34)6-2)26(19)30-23-12-22(29)15(3)18(25(17)23)9-7-8-10-32/h11-12,32,34H,4-10,13-14H2,1-3H3/t28-/m1/s1. The average molecular weight is 479 g/mol. The fraction of sp³-hybridized carbons (Fsp3) is 0.429. The Morgan fingerprint density at radius 2 is 2.00 bits per heavy atom. The minimum Gasteiger partial charge on any atom is -0.490 e. The monoisotopic (exact) mass is 478 g/mol. The van der Waals surface area contributed by atoms with E-state index in [1.54, 1.807) is 11.5 Å². The number of nitrogens with zero attached hydrogens (tertiary/aromatic N) is 2. The van der Waals surface area contributed by atoms with E-state index < -0.39 is 5.60 Å². The molecule has 0 saturated heterocycles. The second kappa shape index (κ2) is 8.57. The number of aliphatic hydroxyl groups is 2. The van der Waals surface area contributed by atoms with Gasteiger partial charge in [-0.1, -0.05) is 20.4 Å². The summed E-state index contributed by atoms with van der Waals surface area (Å²) in [4.78, 5) is 18.5. The fourth-order valence-electron chi connectivity index (χ4n) is 5.72. The number of benzene rings is 1. The molecule has 35 heavy (non-hydrogen) atoms. The molecule has 184 valence electrons. The summed E-state index contributed by atoms with van der Waals surface area (Å²) in [6, 6.07) is 3.32. The van der Waals surface area contributed by atoms with Gasteiger partial charge in [0, 0.05) is 29.2 Å². The summed E-state index contributed by atoms with van der Waals surface area (Å²) >= 11 is 0. The first kappa shape index (κ1) is 23.7. The van der Waals surface area contributed by atoms with Gasteiger partial charge in [0.15, 0.2) is 0 Å². The van der Waals surface area contributed by atoms with Crippen molar-refractivity contribution < 1.29 is 19.3 Å². The van der Waals surface area contributed by atoms with E-state index in [0.717, 1.165) is 28.5 Å². The summed E-state index contributed by atoms with van der Waals surface area (Å²) in [5.41, 5.74) is 4.73. The summed E-state index contributed by atoms with van der Waals surface area (Å²) in [6.07, 6.45) is 3.08. The molecule has 5 rings (SSSR count). The third-order valence-electron chi connectivity index (χ3n) is 7.77. The highest BCUT2D eigenvalue weighted by Crippen LogP contribution is 2.43. The van der Waals surface area contributed by atoms with Gasteiger partial charge in [-0.15, -0.1) is 0 Å².